The van der Waals surface area contributed by atoms with E-state index in [4.69, 9.17) is 16.7 Å². The molecule has 4 nitrogen and oxygen atoms in total. The van der Waals surface area contributed by atoms with Crippen LogP contribution >= 0.6 is 11.6 Å². The predicted molar refractivity (Wildman–Crippen MR) is 87.3 cm³/mol. The Morgan fingerprint density at radius 2 is 1.82 bits per heavy atom. The summed E-state index contributed by atoms with van der Waals surface area (Å²) >= 11 is 5.79. The molecule has 0 aliphatic carbocycles. The molecule has 0 spiro atoms. The van der Waals surface area contributed by atoms with E-state index in [1.807, 2.05) is 0 Å². The van der Waals surface area contributed by atoms with Crippen LogP contribution in [-0.4, -0.2) is 17.0 Å². The minimum atomic E-state index is -0.997. The third-order valence-corrected chi connectivity index (χ3v) is 3.28. The molecule has 0 aliphatic rings. The molecule has 0 unspecified atom stereocenters. The lowest BCUT2D eigenvalue weighted by molar-refractivity contribution is -0.111. The molecule has 2 aromatic rings. The number of aromatic carboxylic acids is 1. The molecule has 2 aromatic carbocycles. The SMILES string of the molecule is Cc1cc(C(=O)O)ccc1NC(=O)/C=C/c1ccc(Cl)cc1. The number of aryl methyl sites for hydroxylation is 1. The van der Waals surface area contributed by atoms with Crippen molar-refractivity contribution in [2.75, 3.05) is 5.32 Å². The molecule has 0 saturated heterocycles. The van der Waals surface area contributed by atoms with Crippen molar-refractivity contribution < 1.29 is 14.7 Å². The first-order chi connectivity index (χ1) is 10.5. The lowest BCUT2D eigenvalue weighted by atomic mass is 10.1. The molecule has 0 aliphatic heterocycles. The normalized spacial score (nSPS) is 10.6. The molecular weight excluding hydrogens is 302 g/mol. The van der Waals surface area contributed by atoms with Crippen LogP contribution in [-0.2, 0) is 4.79 Å². The largest absolute Gasteiger partial charge is 0.478 e. The number of anilines is 1. The van der Waals surface area contributed by atoms with E-state index in [1.165, 1.54) is 18.2 Å². The second-order valence-corrected chi connectivity index (χ2v) is 5.15. The molecule has 2 N–H and O–H groups in total. The maximum absolute atomic E-state index is 11.9. The first-order valence-electron chi connectivity index (χ1n) is 6.54. The molecule has 2 rings (SSSR count). The summed E-state index contributed by atoms with van der Waals surface area (Å²) in [4.78, 5) is 22.7. The van der Waals surface area contributed by atoms with E-state index in [0.717, 1.165) is 5.56 Å². The number of carboxylic acid groups (broad SMARTS) is 1. The van der Waals surface area contributed by atoms with Gasteiger partial charge in [-0.15, -0.1) is 0 Å². The van der Waals surface area contributed by atoms with Crippen LogP contribution in [0.1, 0.15) is 21.5 Å². The van der Waals surface area contributed by atoms with E-state index in [-0.39, 0.29) is 11.5 Å². The van der Waals surface area contributed by atoms with E-state index in [0.29, 0.717) is 16.3 Å². The van der Waals surface area contributed by atoms with Gasteiger partial charge in [-0.05, 0) is 54.5 Å². The zero-order valence-corrected chi connectivity index (χ0v) is 12.6. The highest BCUT2D eigenvalue weighted by Crippen LogP contribution is 2.17. The van der Waals surface area contributed by atoms with Crippen molar-refractivity contribution in [3.8, 4) is 0 Å². The smallest absolute Gasteiger partial charge is 0.335 e. The number of hydrogen-bond donors (Lipinski definition) is 2. The van der Waals surface area contributed by atoms with Crippen molar-refractivity contribution in [3.05, 3.63) is 70.3 Å². The zero-order chi connectivity index (χ0) is 16.1. The number of benzene rings is 2. The fraction of sp³-hybridized carbons (Fsp3) is 0.0588. The summed E-state index contributed by atoms with van der Waals surface area (Å²) in [7, 11) is 0. The van der Waals surface area contributed by atoms with Gasteiger partial charge in [-0.25, -0.2) is 4.79 Å². The molecule has 0 aromatic heterocycles. The molecule has 0 bridgehead atoms. The van der Waals surface area contributed by atoms with Crippen LogP contribution < -0.4 is 5.32 Å². The predicted octanol–water partition coefficient (Wildman–Crippen LogP) is 4.00. The Balaban J connectivity index is 2.05. The highest BCUT2D eigenvalue weighted by atomic mass is 35.5. The maximum atomic E-state index is 11.9. The van der Waals surface area contributed by atoms with Gasteiger partial charge in [0.15, 0.2) is 0 Å². The molecule has 0 fully saturated rings. The van der Waals surface area contributed by atoms with Crippen LogP contribution in [0.2, 0.25) is 5.02 Å². The Kier molecular flexibility index (Phi) is 4.96. The number of nitrogens with one attached hydrogen (secondary N) is 1. The Labute approximate surface area is 133 Å². The average Bonchev–Trinajstić information content (AvgIpc) is 2.48. The quantitative estimate of drug-likeness (QED) is 0.838. The van der Waals surface area contributed by atoms with Crippen LogP contribution in [0.5, 0.6) is 0 Å². The van der Waals surface area contributed by atoms with Crippen molar-refractivity contribution >= 4 is 35.2 Å². The van der Waals surface area contributed by atoms with Gasteiger partial charge in [-0.3, -0.25) is 4.79 Å². The summed E-state index contributed by atoms with van der Waals surface area (Å²) in [6, 6.07) is 11.6. The molecule has 112 valence electrons. The van der Waals surface area contributed by atoms with E-state index in [2.05, 4.69) is 5.32 Å². The van der Waals surface area contributed by atoms with Crippen molar-refractivity contribution in [2.45, 2.75) is 6.92 Å². The van der Waals surface area contributed by atoms with Crippen LogP contribution in [0.3, 0.4) is 0 Å². The minimum absolute atomic E-state index is 0.187. The third kappa shape index (κ3) is 4.20. The number of carbonyl (C=O) groups is 2. The van der Waals surface area contributed by atoms with Gasteiger partial charge in [-0.2, -0.15) is 0 Å². The Morgan fingerprint density at radius 1 is 1.14 bits per heavy atom. The monoisotopic (exact) mass is 315 g/mol. The van der Waals surface area contributed by atoms with Gasteiger partial charge in [0, 0.05) is 16.8 Å². The fourth-order valence-electron chi connectivity index (χ4n) is 1.86. The number of halogens is 1. The average molecular weight is 316 g/mol. The molecule has 0 atom stereocenters. The summed E-state index contributed by atoms with van der Waals surface area (Å²) in [5.41, 5.74) is 2.31. The van der Waals surface area contributed by atoms with Gasteiger partial charge in [-0.1, -0.05) is 23.7 Å². The lowest BCUT2D eigenvalue weighted by Crippen LogP contribution is -2.09. The Bertz CT molecular complexity index is 736. The van der Waals surface area contributed by atoms with Gasteiger partial charge in [0.25, 0.3) is 0 Å². The van der Waals surface area contributed by atoms with Crippen molar-refractivity contribution in [2.24, 2.45) is 0 Å². The zero-order valence-electron chi connectivity index (χ0n) is 11.8. The van der Waals surface area contributed by atoms with Crippen molar-refractivity contribution in [1.29, 1.82) is 0 Å². The first-order valence-corrected chi connectivity index (χ1v) is 6.92. The highest BCUT2D eigenvalue weighted by molar-refractivity contribution is 6.30. The summed E-state index contributed by atoms with van der Waals surface area (Å²) in [6.07, 6.45) is 3.08. The summed E-state index contributed by atoms with van der Waals surface area (Å²) in [6.45, 7) is 1.74. The third-order valence-electron chi connectivity index (χ3n) is 3.03. The number of carboxylic acids is 1. The van der Waals surface area contributed by atoms with Crippen LogP contribution in [0.4, 0.5) is 5.69 Å². The first kappa shape index (κ1) is 15.8. The second kappa shape index (κ2) is 6.91. The van der Waals surface area contributed by atoms with Gasteiger partial charge in [0.05, 0.1) is 5.56 Å². The Morgan fingerprint density at radius 3 is 2.41 bits per heavy atom. The van der Waals surface area contributed by atoms with Crippen LogP contribution in [0.25, 0.3) is 6.08 Å². The van der Waals surface area contributed by atoms with Gasteiger partial charge >= 0.3 is 5.97 Å². The lowest BCUT2D eigenvalue weighted by Gasteiger charge is -2.07. The van der Waals surface area contributed by atoms with Crippen LogP contribution in [0, 0.1) is 6.92 Å². The molecular formula is C17H14ClNO3. The topological polar surface area (TPSA) is 66.4 Å². The second-order valence-electron chi connectivity index (χ2n) is 4.71. The fourth-order valence-corrected chi connectivity index (χ4v) is 1.98. The van der Waals surface area contributed by atoms with Gasteiger partial charge in [0.2, 0.25) is 5.91 Å². The molecule has 0 heterocycles. The van der Waals surface area contributed by atoms with Crippen molar-refractivity contribution in [3.63, 3.8) is 0 Å². The van der Waals surface area contributed by atoms with Crippen LogP contribution in [0.15, 0.2) is 48.5 Å². The molecule has 0 radical (unpaired) electrons. The standard InChI is InChI=1S/C17H14ClNO3/c1-11-10-13(17(21)22)5-8-15(11)19-16(20)9-4-12-2-6-14(18)7-3-12/h2-10H,1H3,(H,19,20)(H,21,22)/b9-4+. The molecule has 0 saturated carbocycles. The number of amides is 1. The highest BCUT2D eigenvalue weighted by Gasteiger charge is 2.06. The van der Waals surface area contributed by atoms with E-state index < -0.39 is 5.97 Å². The van der Waals surface area contributed by atoms with E-state index >= 15 is 0 Å². The minimum Gasteiger partial charge on any atom is -0.478 e. The summed E-state index contributed by atoms with van der Waals surface area (Å²) < 4.78 is 0. The van der Waals surface area contributed by atoms with E-state index in [9.17, 15) is 9.59 Å². The molecule has 1 amide bonds. The molecule has 5 heteroatoms. The summed E-state index contributed by atoms with van der Waals surface area (Å²) in [5, 5.41) is 12.3. The molecule has 22 heavy (non-hydrogen) atoms. The van der Waals surface area contributed by atoms with Gasteiger partial charge in [0.1, 0.15) is 0 Å². The number of rotatable bonds is 4. The Hall–Kier alpha value is -2.59. The van der Waals surface area contributed by atoms with Gasteiger partial charge < -0.3 is 10.4 Å². The number of hydrogen-bond acceptors (Lipinski definition) is 2. The number of carbonyl (C=O) groups excluding carboxylic acids is 1. The van der Waals surface area contributed by atoms with E-state index in [1.54, 1.807) is 43.3 Å². The summed E-state index contributed by atoms with van der Waals surface area (Å²) in [5.74, 6) is -1.29. The van der Waals surface area contributed by atoms with Crippen molar-refractivity contribution in [1.82, 2.24) is 0 Å². The maximum Gasteiger partial charge on any atom is 0.335 e.